The number of pyridine rings is 1. The molecule has 0 atom stereocenters. The number of nitrogens with zero attached hydrogens (tertiary/aromatic N) is 1. The van der Waals surface area contributed by atoms with Gasteiger partial charge in [-0.1, -0.05) is 13.8 Å². The van der Waals surface area contributed by atoms with Gasteiger partial charge in [-0.05, 0) is 19.1 Å². The highest BCUT2D eigenvalue weighted by Crippen LogP contribution is 2.12. The predicted molar refractivity (Wildman–Crippen MR) is 52.1 cm³/mol. The van der Waals surface area contributed by atoms with Crippen LogP contribution >= 0.6 is 0 Å². The summed E-state index contributed by atoms with van der Waals surface area (Å²) in [6.07, 6.45) is 1.75. The largest absolute Gasteiger partial charge is 0.346 e. The Kier molecular flexibility index (Phi) is 3.01. The van der Waals surface area contributed by atoms with Crippen molar-refractivity contribution in [1.82, 2.24) is 9.97 Å². The molecule has 0 aliphatic rings. The first-order valence-corrected chi connectivity index (χ1v) is 4.37. The summed E-state index contributed by atoms with van der Waals surface area (Å²) in [4.78, 5) is 6.91. The zero-order chi connectivity index (χ0) is 9.84. The van der Waals surface area contributed by atoms with Crippen LogP contribution in [0.5, 0.6) is 0 Å². The van der Waals surface area contributed by atoms with E-state index < -0.39 is 0 Å². The predicted octanol–water partition coefficient (Wildman–Crippen LogP) is 3.04. The summed E-state index contributed by atoms with van der Waals surface area (Å²) >= 11 is 0. The molecule has 1 N–H and O–H groups in total. The molecule has 2 nitrogen and oxygen atoms in total. The molecule has 70 valence electrons. The van der Waals surface area contributed by atoms with E-state index in [1.165, 1.54) is 6.07 Å². The molecule has 0 amide bonds. The minimum absolute atomic E-state index is 0.253. The molecule has 2 heterocycles. The van der Waals surface area contributed by atoms with E-state index in [0.717, 1.165) is 11.0 Å². The standard InChI is InChI=1S/C8H7FN2.C2H6/c1-5-7(9)4-6-2-3-10-8(6)11-5;1-2/h2-4H,1H3,(H,10,11);1-2H3. The molecule has 0 saturated heterocycles. The SMILES string of the molecule is CC.Cc1nc2[nH]ccc2cc1F. The van der Waals surface area contributed by atoms with Crippen molar-refractivity contribution in [3.05, 3.63) is 29.8 Å². The number of hydrogen-bond donors (Lipinski definition) is 1. The van der Waals surface area contributed by atoms with Crippen molar-refractivity contribution in [3.63, 3.8) is 0 Å². The average molecular weight is 180 g/mol. The van der Waals surface area contributed by atoms with Crippen LogP contribution in [0.25, 0.3) is 11.0 Å². The van der Waals surface area contributed by atoms with Gasteiger partial charge in [0.15, 0.2) is 0 Å². The molecular weight excluding hydrogens is 167 g/mol. The summed E-state index contributed by atoms with van der Waals surface area (Å²) in [6.45, 7) is 5.65. The van der Waals surface area contributed by atoms with Gasteiger partial charge in [0.2, 0.25) is 0 Å². The van der Waals surface area contributed by atoms with E-state index in [2.05, 4.69) is 9.97 Å². The number of aromatic nitrogens is 2. The highest BCUT2D eigenvalue weighted by Gasteiger charge is 2.01. The van der Waals surface area contributed by atoms with Gasteiger partial charge in [-0.25, -0.2) is 9.37 Å². The minimum atomic E-state index is -0.253. The van der Waals surface area contributed by atoms with Gasteiger partial charge in [0.05, 0.1) is 5.69 Å². The topological polar surface area (TPSA) is 28.7 Å². The number of fused-ring (bicyclic) bond motifs is 1. The maximum Gasteiger partial charge on any atom is 0.145 e. The average Bonchev–Trinajstić information content (AvgIpc) is 2.56. The molecule has 0 aliphatic heterocycles. The van der Waals surface area contributed by atoms with Crippen molar-refractivity contribution in [2.75, 3.05) is 0 Å². The van der Waals surface area contributed by atoms with Crippen LogP contribution in [0.2, 0.25) is 0 Å². The van der Waals surface area contributed by atoms with E-state index in [1.54, 1.807) is 19.2 Å². The summed E-state index contributed by atoms with van der Waals surface area (Å²) in [5.74, 6) is -0.253. The second-order valence-electron chi connectivity index (χ2n) is 2.47. The highest BCUT2D eigenvalue weighted by molar-refractivity contribution is 5.75. The van der Waals surface area contributed by atoms with Crippen LogP contribution in [0.15, 0.2) is 18.3 Å². The van der Waals surface area contributed by atoms with Crippen molar-refractivity contribution < 1.29 is 4.39 Å². The molecule has 3 heteroatoms. The molecule has 0 fully saturated rings. The summed E-state index contributed by atoms with van der Waals surface area (Å²) in [5, 5.41) is 0.813. The fourth-order valence-corrected chi connectivity index (χ4v) is 1.05. The molecule has 0 spiro atoms. The van der Waals surface area contributed by atoms with Gasteiger partial charge in [-0.2, -0.15) is 0 Å². The minimum Gasteiger partial charge on any atom is -0.346 e. The van der Waals surface area contributed by atoms with Crippen LogP contribution in [0.1, 0.15) is 19.5 Å². The van der Waals surface area contributed by atoms with E-state index >= 15 is 0 Å². The summed E-state index contributed by atoms with van der Waals surface area (Å²) < 4.78 is 12.8. The maximum atomic E-state index is 12.8. The summed E-state index contributed by atoms with van der Waals surface area (Å²) in [5.41, 5.74) is 1.17. The Bertz CT molecular complexity index is 357. The van der Waals surface area contributed by atoms with Crippen LogP contribution in [-0.2, 0) is 0 Å². The Morgan fingerprint density at radius 3 is 2.77 bits per heavy atom. The van der Waals surface area contributed by atoms with Crippen molar-refractivity contribution in [3.8, 4) is 0 Å². The molecule has 2 aromatic rings. The lowest BCUT2D eigenvalue weighted by atomic mass is 10.3. The molecule has 0 bridgehead atoms. The normalized spacial score (nSPS) is 9.54. The van der Waals surface area contributed by atoms with Gasteiger partial charge in [-0.3, -0.25) is 0 Å². The van der Waals surface area contributed by atoms with Gasteiger partial charge >= 0.3 is 0 Å². The molecule has 0 radical (unpaired) electrons. The Labute approximate surface area is 76.8 Å². The van der Waals surface area contributed by atoms with Gasteiger partial charge in [0.25, 0.3) is 0 Å². The lowest BCUT2D eigenvalue weighted by Crippen LogP contribution is -1.87. The lowest BCUT2D eigenvalue weighted by Gasteiger charge is -1.93. The van der Waals surface area contributed by atoms with Crippen molar-refractivity contribution >= 4 is 11.0 Å². The number of nitrogens with one attached hydrogen (secondary N) is 1. The molecule has 2 rings (SSSR count). The van der Waals surface area contributed by atoms with Gasteiger partial charge in [-0.15, -0.1) is 0 Å². The number of aryl methyl sites for hydroxylation is 1. The van der Waals surface area contributed by atoms with Crippen LogP contribution in [0.4, 0.5) is 4.39 Å². The molecule has 0 saturated carbocycles. The zero-order valence-electron chi connectivity index (χ0n) is 8.06. The fourth-order valence-electron chi connectivity index (χ4n) is 1.05. The smallest absolute Gasteiger partial charge is 0.145 e. The van der Waals surface area contributed by atoms with Gasteiger partial charge in [0.1, 0.15) is 11.5 Å². The molecule has 0 aliphatic carbocycles. The molecule has 0 aromatic carbocycles. The van der Waals surface area contributed by atoms with Crippen molar-refractivity contribution in [1.29, 1.82) is 0 Å². The number of halogens is 1. The van der Waals surface area contributed by atoms with Gasteiger partial charge in [0, 0.05) is 11.6 Å². The fraction of sp³-hybridized carbons (Fsp3) is 0.300. The quantitative estimate of drug-likeness (QED) is 0.663. The van der Waals surface area contributed by atoms with Crippen molar-refractivity contribution in [2.24, 2.45) is 0 Å². The van der Waals surface area contributed by atoms with E-state index in [-0.39, 0.29) is 5.82 Å². The number of rotatable bonds is 0. The highest BCUT2D eigenvalue weighted by atomic mass is 19.1. The maximum absolute atomic E-state index is 12.8. The first-order valence-electron chi connectivity index (χ1n) is 4.37. The molecule has 13 heavy (non-hydrogen) atoms. The first-order chi connectivity index (χ1) is 6.27. The van der Waals surface area contributed by atoms with E-state index in [0.29, 0.717) is 5.69 Å². The Morgan fingerprint density at radius 2 is 2.08 bits per heavy atom. The molecule has 2 aromatic heterocycles. The number of hydrogen-bond acceptors (Lipinski definition) is 1. The third-order valence-electron chi connectivity index (χ3n) is 1.66. The number of aromatic amines is 1. The molecule has 0 unspecified atom stereocenters. The summed E-state index contributed by atoms with van der Waals surface area (Å²) in [6, 6.07) is 3.28. The van der Waals surface area contributed by atoms with Gasteiger partial charge < -0.3 is 4.98 Å². The number of H-pyrrole nitrogens is 1. The first kappa shape index (κ1) is 9.71. The summed E-state index contributed by atoms with van der Waals surface area (Å²) in [7, 11) is 0. The zero-order valence-corrected chi connectivity index (χ0v) is 8.06. The van der Waals surface area contributed by atoms with Crippen LogP contribution in [0.3, 0.4) is 0 Å². The van der Waals surface area contributed by atoms with E-state index in [1.807, 2.05) is 13.8 Å². The third kappa shape index (κ3) is 1.86. The Balaban J connectivity index is 0.000000396. The van der Waals surface area contributed by atoms with Crippen LogP contribution in [0, 0.1) is 12.7 Å². The third-order valence-corrected chi connectivity index (χ3v) is 1.66. The van der Waals surface area contributed by atoms with Crippen molar-refractivity contribution in [2.45, 2.75) is 20.8 Å². The lowest BCUT2D eigenvalue weighted by molar-refractivity contribution is 0.613. The monoisotopic (exact) mass is 180 g/mol. The van der Waals surface area contributed by atoms with E-state index in [4.69, 9.17) is 0 Å². The Morgan fingerprint density at radius 1 is 1.38 bits per heavy atom. The van der Waals surface area contributed by atoms with E-state index in [9.17, 15) is 4.39 Å². The second kappa shape index (κ2) is 4.03. The second-order valence-corrected chi connectivity index (χ2v) is 2.47. The molecular formula is C10H13FN2. The Hall–Kier alpha value is -1.38. The van der Waals surface area contributed by atoms with Crippen LogP contribution in [-0.4, -0.2) is 9.97 Å². The van der Waals surface area contributed by atoms with Crippen LogP contribution < -0.4 is 0 Å².